The van der Waals surface area contributed by atoms with E-state index in [2.05, 4.69) is 10.2 Å². The first-order valence-corrected chi connectivity index (χ1v) is 5.03. The number of halogens is 1. The number of nitrogens with zero attached hydrogens (tertiary/aromatic N) is 1. The lowest BCUT2D eigenvalue weighted by Gasteiger charge is -2.01. The third-order valence-corrected chi connectivity index (χ3v) is 2.53. The largest absolute Gasteiger partial charge is 0.477 e. The van der Waals surface area contributed by atoms with Crippen LogP contribution < -0.4 is 9.47 Å². The van der Waals surface area contributed by atoms with E-state index in [0.717, 1.165) is 0 Å². The van der Waals surface area contributed by atoms with Gasteiger partial charge in [0.2, 0.25) is 12.5 Å². The molecular weight excluding hydrogens is 243 g/mol. The van der Waals surface area contributed by atoms with Crippen LogP contribution in [0.3, 0.4) is 0 Å². The van der Waals surface area contributed by atoms with E-state index in [-0.39, 0.29) is 24.0 Å². The Hall–Kier alpha value is -2.57. The number of aromatic carboxylic acids is 1. The number of ether oxygens (including phenoxy) is 2. The van der Waals surface area contributed by atoms with Gasteiger partial charge in [0.15, 0.2) is 11.6 Å². The van der Waals surface area contributed by atoms with E-state index < -0.39 is 11.8 Å². The molecule has 0 aliphatic carbocycles. The maximum absolute atomic E-state index is 13.6. The van der Waals surface area contributed by atoms with Gasteiger partial charge in [-0.3, -0.25) is 5.10 Å². The fraction of sp³-hybridized carbons (Fsp3) is 0.0909. The number of benzene rings is 1. The van der Waals surface area contributed by atoms with Crippen LogP contribution in [0.2, 0.25) is 0 Å². The Balaban J connectivity index is 2.06. The van der Waals surface area contributed by atoms with Crippen LogP contribution in [0.25, 0.3) is 11.3 Å². The Morgan fingerprint density at radius 3 is 2.94 bits per heavy atom. The van der Waals surface area contributed by atoms with E-state index in [4.69, 9.17) is 14.6 Å². The molecule has 0 amide bonds. The van der Waals surface area contributed by atoms with Crippen LogP contribution in [0.1, 0.15) is 10.5 Å². The lowest BCUT2D eigenvalue weighted by molar-refractivity contribution is 0.0690. The molecule has 0 fully saturated rings. The minimum absolute atomic E-state index is 0.0311. The van der Waals surface area contributed by atoms with Gasteiger partial charge < -0.3 is 14.6 Å². The maximum atomic E-state index is 13.6. The molecule has 3 rings (SSSR count). The summed E-state index contributed by atoms with van der Waals surface area (Å²) in [5.41, 5.74) is 0.674. The second-order valence-corrected chi connectivity index (χ2v) is 3.66. The number of nitrogens with one attached hydrogen (secondary N) is 1. The summed E-state index contributed by atoms with van der Waals surface area (Å²) in [5.74, 6) is -1.35. The molecule has 0 saturated carbocycles. The summed E-state index contributed by atoms with van der Waals surface area (Å²) in [6.45, 7) is -0.0311. The molecule has 1 aromatic carbocycles. The van der Waals surface area contributed by atoms with Crippen LogP contribution in [0, 0.1) is 5.82 Å². The Labute approximate surface area is 100.0 Å². The average Bonchev–Trinajstić information content (AvgIpc) is 2.97. The lowest BCUT2D eigenvalue weighted by atomic mass is 10.1. The normalized spacial score (nSPS) is 12.7. The van der Waals surface area contributed by atoms with Gasteiger partial charge in [-0.25, -0.2) is 9.18 Å². The topological polar surface area (TPSA) is 84.4 Å². The van der Waals surface area contributed by atoms with Gasteiger partial charge in [-0.1, -0.05) is 0 Å². The number of aromatic nitrogens is 2. The van der Waals surface area contributed by atoms with E-state index in [1.807, 2.05) is 0 Å². The lowest BCUT2D eigenvalue weighted by Crippen LogP contribution is -1.95. The van der Waals surface area contributed by atoms with Crippen molar-refractivity contribution in [2.75, 3.05) is 6.79 Å². The molecule has 18 heavy (non-hydrogen) atoms. The molecule has 1 aromatic heterocycles. The molecule has 92 valence electrons. The van der Waals surface area contributed by atoms with Crippen molar-refractivity contribution in [2.24, 2.45) is 0 Å². The number of carbonyl (C=O) groups is 1. The molecule has 6 nitrogen and oxygen atoms in total. The zero-order valence-electron chi connectivity index (χ0n) is 8.94. The first kappa shape index (κ1) is 10.6. The summed E-state index contributed by atoms with van der Waals surface area (Å²) in [4.78, 5) is 10.7. The van der Waals surface area contributed by atoms with Gasteiger partial charge in [-0.05, 0) is 18.2 Å². The second-order valence-electron chi connectivity index (χ2n) is 3.66. The van der Waals surface area contributed by atoms with Crippen molar-refractivity contribution in [3.8, 4) is 22.8 Å². The molecule has 0 atom stereocenters. The van der Waals surface area contributed by atoms with Crippen molar-refractivity contribution in [2.45, 2.75) is 0 Å². The SMILES string of the molecule is O=C(O)c1cc(-c2cc(F)c3c(c2)OCO3)n[nH]1. The molecule has 0 bridgehead atoms. The smallest absolute Gasteiger partial charge is 0.353 e. The van der Waals surface area contributed by atoms with E-state index >= 15 is 0 Å². The molecule has 0 saturated heterocycles. The molecule has 7 heteroatoms. The van der Waals surface area contributed by atoms with Gasteiger partial charge in [-0.15, -0.1) is 0 Å². The second kappa shape index (κ2) is 3.73. The molecule has 0 radical (unpaired) electrons. The highest BCUT2D eigenvalue weighted by Crippen LogP contribution is 2.38. The molecule has 0 spiro atoms. The highest BCUT2D eigenvalue weighted by atomic mass is 19.1. The van der Waals surface area contributed by atoms with E-state index in [1.54, 1.807) is 6.07 Å². The van der Waals surface area contributed by atoms with Crippen LogP contribution in [0.4, 0.5) is 4.39 Å². The minimum atomic E-state index is -1.13. The summed E-state index contributed by atoms with van der Waals surface area (Å²) in [6.07, 6.45) is 0. The molecule has 1 aliphatic rings. The van der Waals surface area contributed by atoms with Gasteiger partial charge in [0.1, 0.15) is 5.69 Å². The van der Waals surface area contributed by atoms with Crippen LogP contribution >= 0.6 is 0 Å². The van der Waals surface area contributed by atoms with Crippen molar-refractivity contribution in [3.05, 3.63) is 29.7 Å². The van der Waals surface area contributed by atoms with Gasteiger partial charge in [-0.2, -0.15) is 5.10 Å². The molecule has 2 aromatic rings. The molecule has 0 unspecified atom stereocenters. The number of hydrogen-bond donors (Lipinski definition) is 2. The zero-order chi connectivity index (χ0) is 12.7. The third kappa shape index (κ3) is 1.56. The molecule has 2 N–H and O–H groups in total. The Bertz CT molecular complexity index is 638. The highest BCUT2D eigenvalue weighted by Gasteiger charge is 2.21. The number of hydrogen-bond acceptors (Lipinski definition) is 4. The first-order valence-electron chi connectivity index (χ1n) is 5.03. The van der Waals surface area contributed by atoms with E-state index in [1.165, 1.54) is 12.1 Å². The minimum Gasteiger partial charge on any atom is -0.477 e. The monoisotopic (exact) mass is 250 g/mol. The average molecular weight is 250 g/mol. The fourth-order valence-corrected chi connectivity index (χ4v) is 1.69. The van der Waals surface area contributed by atoms with Crippen molar-refractivity contribution < 1.29 is 23.8 Å². The Morgan fingerprint density at radius 2 is 2.22 bits per heavy atom. The van der Waals surface area contributed by atoms with Crippen LogP contribution in [0.15, 0.2) is 18.2 Å². The predicted octanol–water partition coefficient (Wildman–Crippen LogP) is 1.64. The van der Waals surface area contributed by atoms with Crippen molar-refractivity contribution >= 4 is 5.97 Å². The van der Waals surface area contributed by atoms with Gasteiger partial charge in [0.25, 0.3) is 0 Å². The Kier molecular flexibility index (Phi) is 2.19. The van der Waals surface area contributed by atoms with Gasteiger partial charge in [0.05, 0.1) is 5.69 Å². The zero-order valence-corrected chi connectivity index (χ0v) is 8.94. The molecule has 1 aliphatic heterocycles. The number of carboxylic acid groups (broad SMARTS) is 1. The van der Waals surface area contributed by atoms with Crippen LogP contribution in [0.5, 0.6) is 11.5 Å². The fourth-order valence-electron chi connectivity index (χ4n) is 1.69. The van der Waals surface area contributed by atoms with E-state index in [0.29, 0.717) is 11.3 Å². The van der Waals surface area contributed by atoms with Crippen LogP contribution in [-0.4, -0.2) is 28.1 Å². The number of fused-ring (bicyclic) bond motifs is 1. The van der Waals surface area contributed by atoms with Crippen LogP contribution in [-0.2, 0) is 0 Å². The van der Waals surface area contributed by atoms with Crippen molar-refractivity contribution in [3.63, 3.8) is 0 Å². The van der Waals surface area contributed by atoms with Crippen molar-refractivity contribution in [1.29, 1.82) is 0 Å². The molecule has 2 heterocycles. The third-order valence-electron chi connectivity index (χ3n) is 2.53. The predicted molar refractivity (Wildman–Crippen MR) is 57.1 cm³/mol. The standard InChI is InChI=1S/C11H7FN2O4/c12-6-1-5(2-9-10(6)18-4-17-9)7-3-8(11(15)16)14-13-7/h1-3H,4H2,(H,13,14)(H,15,16). The first-order chi connectivity index (χ1) is 8.65. The number of carboxylic acids is 1. The van der Waals surface area contributed by atoms with Gasteiger partial charge in [0, 0.05) is 5.56 Å². The Morgan fingerprint density at radius 1 is 1.39 bits per heavy atom. The quantitative estimate of drug-likeness (QED) is 0.846. The van der Waals surface area contributed by atoms with Gasteiger partial charge >= 0.3 is 5.97 Å². The number of aromatic amines is 1. The molecular formula is C11H7FN2O4. The summed E-state index contributed by atoms with van der Waals surface area (Å²) < 4.78 is 23.7. The highest BCUT2D eigenvalue weighted by molar-refractivity contribution is 5.87. The number of rotatable bonds is 2. The summed E-state index contributed by atoms with van der Waals surface area (Å²) in [7, 11) is 0. The maximum Gasteiger partial charge on any atom is 0.353 e. The number of H-pyrrole nitrogens is 1. The summed E-state index contributed by atoms with van der Waals surface area (Å²) >= 11 is 0. The van der Waals surface area contributed by atoms with Crippen molar-refractivity contribution in [1.82, 2.24) is 10.2 Å². The van der Waals surface area contributed by atoms with E-state index in [9.17, 15) is 9.18 Å². The summed E-state index contributed by atoms with van der Waals surface area (Å²) in [5, 5.41) is 14.9. The summed E-state index contributed by atoms with van der Waals surface area (Å²) in [6, 6.07) is 4.09.